The number of allylic oxidation sites excluding steroid dienone is 1. The van der Waals surface area contributed by atoms with Gasteiger partial charge in [0.15, 0.2) is 0 Å². The van der Waals surface area contributed by atoms with E-state index in [1.807, 2.05) is 6.92 Å². The van der Waals surface area contributed by atoms with Crippen molar-refractivity contribution in [3.63, 3.8) is 0 Å². The first-order valence-electron chi connectivity index (χ1n) is 11.3. The Morgan fingerprint density at radius 1 is 1.19 bits per heavy atom. The maximum atomic E-state index is 13.4. The summed E-state index contributed by atoms with van der Waals surface area (Å²) >= 11 is 0. The van der Waals surface area contributed by atoms with E-state index in [0.29, 0.717) is 25.8 Å². The highest BCUT2D eigenvalue weighted by atomic mass is 16.5. The molecule has 0 aliphatic heterocycles. The van der Waals surface area contributed by atoms with Gasteiger partial charge < -0.3 is 14.8 Å². The van der Waals surface area contributed by atoms with Crippen LogP contribution in [0.4, 0.5) is 0 Å². The Kier molecular flexibility index (Phi) is 6.75. The summed E-state index contributed by atoms with van der Waals surface area (Å²) in [5.41, 5.74) is -0.551. The molecule has 3 aliphatic rings. The number of esters is 2. The molecule has 3 rings (SSSR count). The van der Waals surface area contributed by atoms with Crippen LogP contribution in [0.3, 0.4) is 0 Å². The Labute approximate surface area is 184 Å². The number of hydrogen-bond acceptors (Lipinski definition) is 7. The molecule has 3 fully saturated rings. The average Bonchev–Trinajstić information content (AvgIpc) is 2.73. The minimum Gasteiger partial charge on any atom is -0.469 e. The van der Waals surface area contributed by atoms with E-state index in [1.165, 1.54) is 13.2 Å². The van der Waals surface area contributed by atoms with Crippen molar-refractivity contribution in [1.29, 1.82) is 0 Å². The molecular formula is C24H35NO6. The first-order chi connectivity index (χ1) is 14.6. The number of carbonyl (C=O) groups is 4. The molecule has 0 aromatic carbocycles. The number of carbonyl (C=O) groups excluding carboxylic acids is 4. The zero-order chi connectivity index (χ0) is 23.0. The van der Waals surface area contributed by atoms with E-state index in [4.69, 9.17) is 9.47 Å². The number of hydrogen-bond donors (Lipinski definition) is 1. The van der Waals surface area contributed by atoms with Gasteiger partial charge in [-0.25, -0.2) is 4.79 Å². The van der Waals surface area contributed by atoms with Crippen molar-refractivity contribution in [3.05, 3.63) is 11.6 Å². The Hall–Kier alpha value is -2.02. The van der Waals surface area contributed by atoms with Crippen LogP contribution in [0.15, 0.2) is 11.6 Å². The zero-order valence-corrected chi connectivity index (χ0v) is 19.3. The lowest BCUT2D eigenvalue weighted by Gasteiger charge is -2.59. The van der Waals surface area contributed by atoms with Crippen LogP contribution in [-0.4, -0.2) is 50.8 Å². The minimum atomic E-state index is -0.976. The van der Waals surface area contributed by atoms with Gasteiger partial charge in [-0.05, 0) is 56.9 Å². The number of rotatable bonds is 5. The number of methoxy groups -OCH3 is 1. The molecule has 0 aromatic rings. The number of ketones is 2. The molecule has 0 spiro atoms. The topological polar surface area (TPSA) is 98.8 Å². The van der Waals surface area contributed by atoms with Crippen molar-refractivity contribution in [3.8, 4) is 0 Å². The highest BCUT2D eigenvalue weighted by Gasteiger charge is 2.66. The van der Waals surface area contributed by atoms with Gasteiger partial charge in [0, 0.05) is 24.5 Å². The lowest BCUT2D eigenvalue weighted by atomic mass is 9.42. The number of nitrogens with one attached hydrogen (secondary N) is 1. The minimum absolute atomic E-state index is 0.000516. The van der Waals surface area contributed by atoms with Crippen molar-refractivity contribution >= 4 is 23.5 Å². The van der Waals surface area contributed by atoms with Gasteiger partial charge in [-0.3, -0.25) is 14.4 Å². The van der Waals surface area contributed by atoms with Gasteiger partial charge in [-0.15, -0.1) is 0 Å². The molecule has 0 unspecified atom stereocenters. The first-order valence-corrected chi connectivity index (χ1v) is 11.3. The fourth-order valence-corrected chi connectivity index (χ4v) is 6.71. The summed E-state index contributed by atoms with van der Waals surface area (Å²) in [6.07, 6.45) is 5.08. The SMILES string of the molecule is CNCCOC(=O)C=C1CC[C@H]2[C@H](C(=O)C(=O)[C@@H]3[C@]2(C)CCC[C@]3(C)C(=O)OC)[C@H]1C. The molecule has 0 saturated heterocycles. The lowest BCUT2D eigenvalue weighted by molar-refractivity contribution is -0.183. The van der Waals surface area contributed by atoms with Crippen LogP contribution >= 0.6 is 0 Å². The van der Waals surface area contributed by atoms with Crippen LogP contribution in [0.2, 0.25) is 0 Å². The third-order valence-corrected chi connectivity index (χ3v) is 8.22. The Morgan fingerprint density at radius 2 is 1.90 bits per heavy atom. The largest absolute Gasteiger partial charge is 0.469 e. The molecule has 7 heteroatoms. The van der Waals surface area contributed by atoms with Gasteiger partial charge in [0.2, 0.25) is 11.6 Å². The van der Waals surface area contributed by atoms with Crippen LogP contribution in [0.25, 0.3) is 0 Å². The summed E-state index contributed by atoms with van der Waals surface area (Å²) in [5.74, 6) is -2.98. The van der Waals surface area contributed by atoms with Gasteiger partial charge in [0.1, 0.15) is 6.61 Å². The zero-order valence-electron chi connectivity index (χ0n) is 19.3. The average molecular weight is 434 g/mol. The molecule has 31 heavy (non-hydrogen) atoms. The predicted molar refractivity (Wildman–Crippen MR) is 114 cm³/mol. The fourth-order valence-electron chi connectivity index (χ4n) is 6.71. The van der Waals surface area contributed by atoms with E-state index in [2.05, 4.69) is 12.2 Å². The van der Waals surface area contributed by atoms with E-state index >= 15 is 0 Å². The summed E-state index contributed by atoms with van der Waals surface area (Å²) in [6, 6.07) is 0. The maximum Gasteiger partial charge on any atom is 0.330 e. The molecule has 172 valence electrons. The molecule has 3 aliphatic carbocycles. The highest BCUT2D eigenvalue weighted by Crippen LogP contribution is 2.63. The van der Waals surface area contributed by atoms with E-state index in [9.17, 15) is 19.2 Å². The van der Waals surface area contributed by atoms with Gasteiger partial charge in [0.25, 0.3) is 0 Å². The van der Waals surface area contributed by atoms with Gasteiger partial charge in [-0.2, -0.15) is 0 Å². The van der Waals surface area contributed by atoms with Crippen molar-refractivity contribution in [1.82, 2.24) is 5.32 Å². The Balaban J connectivity index is 1.91. The molecule has 0 aromatic heterocycles. The number of Topliss-reactive ketones (excluding diaryl/α,β-unsaturated/α-hetero) is 2. The number of ether oxygens (including phenoxy) is 2. The predicted octanol–water partition coefficient (Wildman–Crippen LogP) is 2.48. The Morgan fingerprint density at radius 3 is 2.55 bits per heavy atom. The molecule has 6 atom stereocenters. The van der Waals surface area contributed by atoms with Crippen LogP contribution in [0.5, 0.6) is 0 Å². The third kappa shape index (κ3) is 3.86. The summed E-state index contributed by atoms with van der Waals surface area (Å²) < 4.78 is 10.3. The van der Waals surface area contributed by atoms with Gasteiger partial charge >= 0.3 is 11.9 Å². The first kappa shape index (κ1) is 23.6. The maximum absolute atomic E-state index is 13.4. The molecule has 1 N–H and O–H groups in total. The van der Waals surface area contributed by atoms with Crippen molar-refractivity contribution < 1.29 is 28.7 Å². The summed E-state index contributed by atoms with van der Waals surface area (Å²) in [6.45, 7) is 6.64. The summed E-state index contributed by atoms with van der Waals surface area (Å²) in [4.78, 5) is 51.7. The second kappa shape index (κ2) is 8.85. The molecule has 3 saturated carbocycles. The molecule has 7 nitrogen and oxygen atoms in total. The smallest absolute Gasteiger partial charge is 0.330 e. The Bertz CT molecular complexity index is 804. The van der Waals surface area contributed by atoms with Crippen LogP contribution in [0.1, 0.15) is 52.9 Å². The van der Waals surface area contributed by atoms with E-state index < -0.39 is 46.2 Å². The van der Waals surface area contributed by atoms with E-state index in [0.717, 1.165) is 18.4 Å². The van der Waals surface area contributed by atoms with Crippen molar-refractivity contribution in [2.45, 2.75) is 52.9 Å². The fraction of sp³-hybridized carbons (Fsp3) is 0.750. The van der Waals surface area contributed by atoms with Gasteiger partial charge in [0.05, 0.1) is 12.5 Å². The quantitative estimate of drug-likeness (QED) is 0.308. The monoisotopic (exact) mass is 433 g/mol. The lowest BCUT2D eigenvalue weighted by Crippen LogP contribution is -2.63. The second-order valence-corrected chi connectivity index (χ2v) is 9.88. The standard InChI is InChI=1S/C24H35NO6/c1-14-15(13-17(26)31-12-11-25-4)7-8-16-18(14)19(27)20(28)21-23(16,2)9-6-10-24(21,3)22(29)30-5/h13-14,16,18,21,25H,6-12H2,1-5H3/t14-,16-,18+,21+,23+,24-/m0/s1. The molecule has 0 heterocycles. The molecular weight excluding hydrogens is 398 g/mol. The van der Waals surface area contributed by atoms with Gasteiger partial charge in [-0.1, -0.05) is 25.8 Å². The van der Waals surface area contributed by atoms with E-state index in [1.54, 1.807) is 14.0 Å². The summed E-state index contributed by atoms with van der Waals surface area (Å²) in [5, 5.41) is 2.92. The molecule has 0 bridgehead atoms. The second-order valence-electron chi connectivity index (χ2n) is 9.88. The van der Waals surface area contributed by atoms with Crippen LogP contribution in [0, 0.1) is 34.5 Å². The van der Waals surface area contributed by atoms with Crippen molar-refractivity contribution in [2.75, 3.05) is 27.3 Å². The summed E-state index contributed by atoms with van der Waals surface area (Å²) in [7, 11) is 3.12. The molecule has 0 amide bonds. The normalized spacial score (nSPS) is 38.9. The number of fused-ring (bicyclic) bond motifs is 3. The highest BCUT2D eigenvalue weighted by molar-refractivity contribution is 6.40. The number of likely N-dealkylation sites (N-methyl/N-ethyl adjacent to an activating group) is 1. The van der Waals surface area contributed by atoms with Crippen LogP contribution in [-0.2, 0) is 28.7 Å². The van der Waals surface area contributed by atoms with Crippen molar-refractivity contribution in [2.24, 2.45) is 34.5 Å². The molecule has 0 radical (unpaired) electrons. The van der Waals surface area contributed by atoms with Crippen LogP contribution < -0.4 is 5.32 Å². The van der Waals surface area contributed by atoms with E-state index in [-0.39, 0.29) is 18.4 Å². The third-order valence-electron chi connectivity index (χ3n) is 8.22.